The highest BCUT2D eigenvalue weighted by Crippen LogP contribution is 2.17. The molecule has 0 radical (unpaired) electrons. The lowest BCUT2D eigenvalue weighted by Gasteiger charge is -2.11. The van der Waals surface area contributed by atoms with E-state index in [0.717, 1.165) is 30.6 Å². The van der Waals surface area contributed by atoms with E-state index in [-0.39, 0.29) is 6.03 Å². The molecule has 88 valence electrons. The van der Waals surface area contributed by atoms with Crippen LogP contribution in [0.5, 0.6) is 0 Å². The van der Waals surface area contributed by atoms with Gasteiger partial charge in [0.1, 0.15) is 0 Å². The molecule has 16 heavy (non-hydrogen) atoms. The predicted octanol–water partition coefficient (Wildman–Crippen LogP) is 3.23. The lowest BCUT2D eigenvalue weighted by Crippen LogP contribution is -2.29. The van der Waals surface area contributed by atoms with Crippen molar-refractivity contribution < 1.29 is 4.79 Å². The zero-order valence-corrected chi connectivity index (χ0v) is 10.3. The SMILES string of the molecule is CCCCNC(=O)Nc1cccc(C)c1C. The van der Waals surface area contributed by atoms with Crippen LogP contribution in [0.15, 0.2) is 18.2 Å². The first-order valence-corrected chi connectivity index (χ1v) is 5.76. The summed E-state index contributed by atoms with van der Waals surface area (Å²) >= 11 is 0. The minimum atomic E-state index is -0.123. The van der Waals surface area contributed by atoms with Gasteiger partial charge in [0.05, 0.1) is 0 Å². The Morgan fingerprint density at radius 3 is 2.75 bits per heavy atom. The molecule has 3 nitrogen and oxygen atoms in total. The molecule has 1 aromatic carbocycles. The van der Waals surface area contributed by atoms with Crippen LogP contribution < -0.4 is 10.6 Å². The molecule has 0 saturated carbocycles. The lowest BCUT2D eigenvalue weighted by atomic mass is 10.1. The maximum absolute atomic E-state index is 11.5. The van der Waals surface area contributed by atoms with E-state index in [0.29, 0.717) is 0 Å². The van der Waals surface area contributed by atoms with Gasteiger partial charge in [-0.15, -0.1) is 0 Å². The zero-order chi connectivity index (χ0) is 12.0. The normalized spacial score (nSPS) is 9.94. The van der Waals surface area contributed by atoms with Crippen LogP contribution in [0.3, 0.4) is 0 Å². The maximum Gasteiger partial charge on any atom is 0.319 e. The molecule has 0 unspecified atom stereocenters. The van der Waals surface area contributed by atoms with Crippen molar-refractivity contribution in [1.82, 2.24) is 5.32 Å². The van der Waals surface area contributed by atoms with E-state index < -0.39 is 0 Å². The monoisotopic (exact) mass is 220 g/mol. The number of urea groups is 1. The van der Waals surface area contributed by atoms with E-state index in [2.05, 4.69) is 17.6 Å². The number of carbonyl (C=O) groups excluding carboxylic acids is 1. The summed E-state index contributed by atoms with van der Waals surface area (Å²) in [5.74, 6) is 0. The van der Waals surface area contributed by atoms with Crippen LogP contribution in [-0.2, 0) is 0 Å². The fourth-order valence-electron chi connectivity index (χ4n) is 1.43. The lowest BCUT2D eigenvalue weighted by molar-refractivity contribution is 0.252. The highest BCUT2D eigenvalue weighted by molar-refractivity contribution is 5.90. The van der Waals surface area contributed by atoms with Crippen molar-refractivity contribution in [2.75, 3.05) is 11.9 Å². The molecule has 3 heteroatoms. The van der Waals surface area contributed by atoms with Gasteiger partial charge in [0.25, 0.3) is 0 Å². The van der Waals surface area contributed by atoms with Gasteiger partial charge in [-0.2, -0.15) is 0 Å². The number of hydrogen-bond donors (Lipinski definition) is 2. The first-order valence-electron chi connectivity index (χ1n) is 5.76. The van der Waals surface area contributed by atoms with Gasteiger partial charge < -0.3 is 10.6 Å². The smallest absolute Gasteiger partial charge is 0.319 e. The topological polar surface area (TPSA) is 41.1 Å². The van der Waals surface area contributed by atoms with Crippen LogP contribution in [0.2, 0.25) is 0 Å². The number of amides is 2. The van der Waals surface area contributed by atoms with E-state index in [1.807, 2.05) is 32.0 Å². The average Bonchev–Trinajstić information content (AvgIpc) is 2.25. The van der Waals surface area contributed by atoms with Crippen molar-refractivity contribution >= 4 is 11.7 Å². The van der Waals surface area contributed by atoms with Crippen LogP contribution in [0, 0.1) is 13.8 Å². The second kappa shape index (κ2) is 6.16. The Morgan fingerprint density at radius 1 is 1.31 bits per heavy atom. The number of unbranched alkanes of at least 4 members (excludes halogenated alkanes) is 1. The summed E-state index contributed by atoms with van der Waals surface area (Å²) in [6.07, 6.45) is 2.10. The second-order valence-electron chi connectivity index (χ2n) is 3.98. The molecule has 0 heterocycles. The first-order chi connectivity index (χ1) is 7.65. The van der Waals surface area contributed by atoms with Crippen molar-refractivity contribution in [2.45, 2.75) is 33.6 Å². The van der Waals surface area contributed by atoms with Gasteiger partial charge >= 0.3 is 6.03 Å². The van der Waals surface area contributed by atoms with Crippen LogP contribution in [0.1, 0.15) is 30.9 Å². The van der Waals surface area contributed by atoms with Crippen molar-refractivity contribution in [3.8, 4) is 0 Å². The molecule has 0 bridgehead atoms. The van der Waals surface area contributed by atoms with E-state index in [4.69, 9.17) is 0 Å². The number of rotatable bonds is 4. The third-order valence-corrected chi connectivity index (χ3v) is 2.67. The van der Waals surface area contributed by atoms with E-state index in [9.17, 15) is 4.79 Å². The second-order valence-corrected chi connectivity index (χ2v) is 3.98. The largest absolute Gasteiger partial charge is 0.338 e. The summed E-state index contributed by atoms with van der Waals surface area (Å²) in [4.78, 5) is 11.5. The van der Waals surface area contributed by atoms with E-state index in [1.165, 1.54) is 5.56 Å². The number of carbonyl (C=O) groups is 1. The summed E-state index contributed by atoms with van der Waals surface area (Å²) in [5, 5.41) is 5.69. The van der Waals surface area contributed by atoms with Gasteiger partial charge in [0.2, 0.25) is 0 Å². The summed E-state index contributed by atoms with van der Waals surface area (Å²) in [6, 6.07) is 5.78. The standard InChI is InChI=1S/C13H20N2O/c1-4-5-9-14-13(16)15-12-8-6-7-10(2)11(12)3/h6-8H,4-5,9H2,1-3H3,(H2,14,15,16). The molecule has 0 saturated heterocycles. The Hall–Kier alpha value is -1.51. The third-order valence-electron chi connectivity index (χ3n) is 2.67. The van der Waals surface area contributed by atoms with Gasteiger partial charge in [0, 0.05) is 12.2 Å². The fraction of sp³-hybridized carbons (Fsp3) is 0.462. The van der Waals surface area contributed by atoms with Gasteiger partial charge in [-0.1, -0.05) is 25.5 Å². The highest BCUT2D eigenvalue weighted by atomic mass is 16.2. The van der Waals surface area contributed by atoms with Crippen LogP contribution >= 0.6 is 0 Å². The molecule has 2 N–H and O–H groups in total. The van der Waals surface area contributed by atoms with Crippen molar-refractivity contribution in [3.05, 3.63) is 29.3 Å². The summed E-state index contributed by atoms with van der Waals surface area (Å²) in [6.45, 7) is 6.88. The number of anilines is 1. The van der Waals surface area contributed by atoms with E-state index in [1.54, 1.807) is 0 Å². The first kappa shape index (κ1) is 12.6. The minimum Gasteiger partial charge on any atom is -0.338 e. The van der Waals surface area contributed by atoms with Crippen molar-refractivity contribution in [2.24, 2.45) is 0 Å². The molecule has 0 aromatic heterocycles. The van der Waals surface area contributed by atoms with Crippen LogP contribution in [0.4, 0.5) is 10.5 Å². The molecule has 0 spiro atoms. The van der Waals surface area contributed by atoms with Gasteiger partial charge in [-0.3, -0.25) is 0 Å². The average molecular weight is 220 g/mol. The molecule has 0 fully saturated rings. The molecule has 1 rings (SSSR count). The molecular formula is C13H20N2O. The molecule has 1 aromatic rings. The Balaban J connectivity index is 2.53. The maximum atomic E-state index is 11.5. The summed E-state index contributed by atoms with van der Waals surface area (Å²) in [5.41, 5.74) is 3.19. The molecular weight excluding hydrogens is 200 g/mol. The van der Waals surface area contributed by atoms with Gasteiger partial charge in [0.15, 0.2) is 0 Å². The molecule has 0 aliphatic heterocycles. The fourth-order valence-corrected chi connectivity index (χ4v) is 1.43. The highest BCUT2D eigenvalue weighted by Gasteiger charge is 2.04. The Morgan fingerprint density at radius 2 is 2.06 bits per heavy atom. The van der Waals surface area contributed by atoms with Gasteiger partial charge in [-0.25, -0.2) is 4.79 Å². The zero-order valence-electron chi connectivity index (χ0n) is 10.3. The molecule has 0 aliphatic rings. The van der Waals surface area contributed by atoms with Crippen molar-refractivity contribution in [1.29, 1.82) is 0 Å². The predicted molar refractivity (Wildman–Crippen MR) is 67.8 cm³/mol. The Bertz CT molecular complexity index is 361. The number of benzene rings is 1. The summed E-state index contributed by atoms with van der Waals surface area (Å²) < 4.78 is 0. The number of nitrogens with one attached hydrogen (secondary N) is 2. The third kappa shape index (κ3) is 3.57. The molecule has 0 aliphatic carbocycles. The van der Waals surface area contributed by atoms with E-state index >= 15 is 0 Å². The number of aryl methyl sites for hydroxylation is 1. The number of hydrogen-bond acceptors (Lipinski definition) is 1. The minimum absolute atomic E-state index is 0.123. The van der Waals surface area contributed by atoms with Crippen LogP contribution in [-0.4, -0.2) is 12.6 Å². The molecule has 2 amide bonds. The van der Waals surface area contributed by atoms with Gasteiger partial charge in [-0.05, 0) is 37.5 Å². The quantitative estimate of drug-likeness (QED) is 0.751. The van der Waals surface area contributed by atoms with Crippen LogP contribution in [0.25, 0.3) is 0 Å². The summed E-state index contributed by atoms with van der Waals surface area (Å²) in [7, 11) is 0. The van der Waals surface area contributed by atoms with Crippen molar-refractivity contribution in [3.63, 3.8) is 0 Å². The Labute approximate surface area is 97.2 Å². The Kier molecular flexibility index (Phi) is 4.83. The molecule has 0 atom stereocenters.